The summed E-state index contributed by atoms with van der Waals surface area (Å²) >= 11 is 0. The van der Waals surface area contributed by atoms with Crippen LogP contribution in [0.5, 0.6) is 0 Å². The number of halogens is 2. The minimum Gasteiger partial charge on any atom is -0.456 e. The van der Waals surface area contributed by atoms with E-state index in [0.717, 1.165) is 137 Å². The Morgan fingerprint density at radius 1 is 0.272 bits per heavy atom. The highest BCUT2D eigenvalue weighted by Crippen LogP contribution is 2.58. The van der Waals surface area contributed by atoms with Gasteiger partial charge in [0.2, 0.25) is 0 Å². The van der Waals surface area contributed by atoms with Crippen LogP contribution in [0.15, 0.2) is 276 Å². The van der Waals surface area contributed by atoms with Gasteiger partial charge in [-0.05, 0) is 118 Å². The molecular formula is C84H56F2N4O2. The zero-order chi connectivity index (χ0) is 61.5. The zero-order valence-corrected chi connectivity index (χ0v) is 50.8. The maximum absolute atomic E-state index is 19.0. The second-order valence-corrected chi connectivity index (χ2v) is 25.6. The summed E-state index contributed by atoms with van der Waals surface area (Å²) in [6.45, 7) is 9.14. The maximum Gasteiger partial charge on any atom is 0.137 e. The second-order valence-electron chi connectivity index (χ2n) is 25.6. The van der Waals surface area contributed by atoms with E-state index in [1.165, 1.54) is 0 Å². The Morgan fingerprint density at radius 2 is 0.565 bits per heavy atom. The molecule has 0 amide bonds. The van der Waals surface area contributed by atoms with Crippen molar-refractivity contribution in [1.29, 1.82) is 0 Å². The third kappa shape index (κ3) is 6.95. The number of furan rings is 2. The van der Waals surface area contributed by atoms with Crippen LogP contribution in [0, 0.1) is 11.6 Å². The molecule has 19 aromatic rings. The highest BCUT2D eigenvalue weighted by atomic mass is 19.1. The molecule has 0 saturated carbocycles. The van der Waals surface area contributed by atoms with Crippen molar-refractivity contribution in [1.82, 2.24) is 18.3 Å². The molecule has 0 atom stereocenters. The van der Waals surface area contributed by atoms with E-state index in [1.54, 1.807) is 24.3 Å². The third-order valence-electron chi connectivity index (χ3n) is 20.0. The van der Waals surface area contributed by atoms with Gasteiger partial charge in [0.15, 0.2) is 0 Å². The van der Waals surface area contributed by atoms with Gasteiger partial charge in [0.05, 0.1) is 55.3 Å². The van der Waals surface area contributed by atoms with Crippen molar-refractivity contribution in [3.8, 4) is 33.6 Å². The average Bonchev–Trinajstić information content (AvgIpc) is 1.33. The van der Waals surface area contributed by atoms with Crippen LogP contribution in [0.2, 0.25) is 0 Å². The first kappa shape index (κ1) is 52.5. The first-order valence-electron chi connectivity index (χ1n) is 31.5. The monoisotopic (exact) mass is 1190 g/mol. The van der Waals surface area contributed by atoms with Crippen LogP contribution in [-0.4, -0.2) is 18.3 Å². The summed E-state index contributed by atoms with van der Waals surface area (Å²) in [5, 5.41) is 12.0. The minimum absolute atomic E-state index is 0.357. The van der Waals surface area contributed by atoms with E-state index >= 15 is 8.78 Å². The van der Waals surface area contributed by atoms with Crippen LogP contribution in [0.1, 0.15) is 38.8 Å². The molecule has 0 N–H and O–H groups in total. The first-order chi connectivity index (χ1) is 45.1. The summed E-state index contributed by atoms with van der Waals surface area (Å²) in [5.74, 6) is -0.854. The number of nitrogens with zero attached hydrogens (tertiary/aromatic N) is 4. The van der Waals surface area contributed by atoms with Crippen molar-refractivity contribution in [3.63, 3.8) is 0 Å². The van der Waals surface area contributed by atoms with Gasteiger partial charge in [-0.3, -0.25) is 0 Å². The SMILES string of the molecule is CC(C)(c1c(-c2ccccc2F)c(-n2c3ccccc3c3ccc4oc5ccccc5c4c32)c(C(C)(C)n2c3ccccc3c3ccccc32)c(-n2c3ccccc3c3ccc4oc5ccccc5c4c32)c1-c1ccccc1F)n1c2ccccc2c2ccccc21. The van der Waals surface area contributed by atoms with Gasteiger partial charge in [0.1, 0.15) is 34.0 Å². The van der Waals surface area contributed by atoms with E-state index in [1.807, 2.05) is 48.5 Å². The predicted molar refractivity (Wildman–Crippen MR) is 376 cm³/mol. The molecule has 8 heteroatoms. The van der Waals surface area contributed by atoms with Crippen molar-refractivity contribution in [3.05, 3.63) is 290 Å². The summed E-state index contributed by atoms with van der Waals surface area (Å²) in [7, 11) is 0. The van der Waals surface area contributed by atoms with Crippen LogP contribution in [0.4, 0.5) is 8.78 Å². The predicted octanol–water partition coefficient (Wildman–Crippen LogP) is 23.1. The third-order valence-corrected chi connectivity index (χ3v) is 20.0. The quantitative estimate of drug-likeness (QED) is 0.152. The normalized spacial score (nSPS) is 12.7. The molecule has 0 aliphatic carbocycles. The first-order valence-corrected chi connectivity index (χ1v) is 31.5. The molecule has 0 bridgehead atoms. The molecule has 92 heavy (non-hydrogen) atoms. The molecule has 6 heterocycles. The van der Waals surface area contributed by atoms with Gasteiger partial charge in [-0.25, -0.2) is 8.78 Å². The van der Waals surface area contributed by atoms with Crippen LogP contribution in [-0.2, 0) is 11.1 Å². The number of aromatic nitrogens is 4. The van der Waals surface area contributed by atoms with Gasteiger partial charge in [-0.1, -0.05) is 182 Å². The largest absolute Gasteiger partial charge is 0.456 e. The van der Waals surface area contributed by atoms with E-state index < -0.39 is 22.7 Å². The molecule has 0 unspecified atom stereocenters. The number of para-hydroxylation sites is 8. The Balaban J connectivity index is 1.20. The van der Waals surface area contributed by atoms with Crippen LogP contribution >= 0.6 is 0 Å². The smallest absolute Gasteiger partial charge is 0.137 e. The lowest BCUT2D eigenvalue weighted by Gasteiger charge is -2.42. The van der Waals surface area contributed by atoms with Crippen LogP contribution < -0.4 is 0 Å². The molecule has 13 aromatic carbocycles. The topological polar surface area (TPSA) is 46.0 Å². The Morgan fingerprint density at radius 3 is 0.935 bits per heavy atom. The summed E-state index contributed by atoms with van der Waals surface area (Å²) in [5.41, 5.74) is 13.0. The van der Waals surface area contributed by atoms with E-state index in [2.05, 4.69) is 240 Å². The van der Waals surface area contributed by atoms with E-state index in [-0.39, 0.29) is 0 Å². The molecule has 19 rings (SSSR count). The second kappa shape index (κ2) is 19.0. The fourth-order valence-corrected chi connectivity index (χ4v) is 16.5. The van der Waals surface area contributed by atoms with Gasteiger partial charge >= 0.3 is 0 Å². The Labute approximate surface area is 526 Å². The summed E-state index contributed by atoms with van der Waals surface area (Å²) < 4.78 is 61.8. The van der Waals surface area contributed by atoms with Crippen LogP contribution in [0.25, 0.3) is 165 Å². The molecule has 6 aromatic heterocycles. The summed E-state index contributed by atoms with van der Waals surface area (Å²) in [6.07, 6.45) is 0. The van der Waals surface area contributed by atoms with Crippen molar-refractivity contribution in [2.45, 2.75) is 38.8 Å². The highest BCUT2D eigenvalue weighted by Gasteiger charge is 2.45. The summed E-state index contributed by atoms with van der Waals surface area (Å²) in [4.78, 5) is 0. The molecular weight excluding hydrogens is 1130 g/mol. The Bertz CT molecular complexity index is 6010. The molecule has 6 nitrogen and oxygen atoms in total. The lowest BCUT2D eigenvalue weighted by molar-refractivity contribution is 0.454. The average molecular weight is 1190 g/mol. The van der Waals surface area contributed by atoms with Gasteiger partial charge in [0.25, 0.3) is 0 Å². The van der Waals surface area contributed by atoms with E-state index in [9.17, 15) is 0 Å². The molecule has 0 aliphatic heterocycles. The fourth-order valence-electron chi connectivity index (χ4n) is 16.5. The van der Waals surface area contributed by atoms with Crippen molar-refractivity contribution in [2.75, 3.05) is 0 Å². The summed E-state index contributed by atoms with van der Waals surface area (Å²) in [6, 6.07) is 91.2. The lowest BCUT2D eigenvalue weighted by Crippen LogP contribution is -2.35. The van der Waals surface area contributed by atoms with Gasteiger partial charge in [-0.2, -0.15) is 0 Å². The Hall–Kier alpha value is -11.5. The number of fused-ring (bicyclic) bond motifs is 20. The lowest BCUT2D eigenvalue weighted by atomic mass is 9.74. The molecule has 438 valence electrons. The van der Waals surface area contributed by atoms with Crippen molar-refractivity contribution < 1.29 is 17.6 Å². The highest BCUT2D eigenvalue weighted by molar-refractivity contribution is 6.27. The van der Waals surface area contributed by atoms with Crippen LogP contribution in [0.3, 0.4) is 0 Å². The number of benzene rings is 13. The molecule has 0 saturated heterocycles. The zero-order valence-electron chi connectivity index (χ0n) is 50.8. The fraction of sp³-hybridized carbons (Fsp3) is 0.0714. The molecule has 0 radical (unpaired) electrons. The van der Waals surface area contributed by atoms with Crippen molar-refractivity contribution in [2.24, 2.45) is 0 Å². The maximum atomic E-state index is 19.0. The van der Waals surface area contributed by atoms with E-state index in [4.69, 9.17) is 8.83 Å². The van der Waals surface area contributed by atoms with Gasteiger partial charge < -0.3 is 27.1 Å². The molecule has 0 spiro atoms. The number of rotatable bonds is 8. The van der Waals surface area contributed by atoms with Gasteiger partial charge in [-0.15, -0.1) is 0 Å². The number of hydrogen-bond acceptors (Lipinski definition) is 2. The van der Waals surface area contributed by atoms with Gasteiger partial charge in [0, 0.05) is 104 Å². The number of hydrogen-bond donors (Lipinski definition) is 0. The molecule has 0 aliphatic rings. The Kier molecular flexibility index (Phi) is 10.8. The van der Waals surface area contributed by atoms with Crippen molar-refractivity contribution >= 4 is 131 Å². The standard InChI is InChI=1S/C84H56F2N4O2/c1-83(2,89-65-39-19-9-25-49(65)50-26-10-20-40-66(50)89)77-75(57-31-5-15-35-61(57)85)81(87-63-37-17-7-29-53(63)55-45-47-71-73(79(55)87)59-33-13-23-43-69(59)91-71)78(84(3,4)90-67-41-21-11-27-51(67)52-28-12-22-42-68(52)90)82(76(77)58-32-6-16-36-62(58)86)88-64-38-18-8-30-54(64)56-46-48-72-74(80(56)88)60-34-14-24-44-70(60)92-72/h5-48H,1-4H3. The molecule has 0 fully saturated rings. The van der Waals surface area contributed by atoms with E-state index in [0.29, 0.717) is 39.0 Å². The minimum atomic E-state index is -1.19.